The summed E-state index contributed by atoms with van der Waals surface area (Å²) in [5.41, 5.74) is 1.72. The van der Waals surface area contributed by atoms with Crippen LogP contribution in [-0.2, 0) is 6.54 Å². The third-order valence-corrected chi connectivity index (χ3v) is 3.81. The summed E-state index contributed by atoms with van der Waals surface area (Å²) in [6.45, 7) is 1.69. The molecule has 3 heteroatoms. The summed E-state index contributed by atoms with van der Waals surface area (Å²) < 4.78 is 14.0. The lowest BCUT2D eigenvalue weighted by Crippen LogP contribution is -2.25. The van der Waals surface area contributed by atoms with Crippen LogP contribution in [0.4, 0.5) is 10.1 Å². The molecule has 1 N–H and O–H groups in total. The molecular weight excluding hydrogens is 227 g/mol. The summed E-state index contributed by atoms with van der Waals surface area (Å²) >= 11 is 0. The average molecular weight is 250 g/mol. The minimum atomic E-state index is -0.108. The Labute approximate surface area is 109 Å². The van der Waals surface area contributed by atoms with Crippen molar-refractivity contribution in [1.82, 2.24) is 5.32 Å². The lowest BCUT2D eigenvalue weighted by molar-refractivity contribution is 0.538. The maximum Gasteiger partial charge on any atom is 0.146 e. The fraction of sp³-hybridized carbons (Fsp3) is 0.600. The molecule has 2 rings (SSSR count). The molecule has 1 aliphatic carbocycles. The van der Waals surface area contributed by atoms with Crippen LogP contribution in [0.1, 0.15) is 31.2 Å². The fourth-order valence-electron chi connectivity index (χ4n) is 2.85. The summed E-state index contributed by atoms with van der Waals surface area (Å²) in [7, 11) is 3.87. The van der Waals surface area contributed by atoms with Crippen molar-refractivity contribution >= 4 is 5.69 Å². The van der Waals surface area contributed by atoms with Gasteiger partial charge in [0.05, 0.1) is 5.69 Å². The molecule has 0 heterocycles. The van der Waals surface area contributed by atoms with Crippen LogP contribution in [0.2, 0.25) is 0 Å². The Morgan fingerprint density at radius 1 is 1.33 bits per heavy atom. The SMILES string of the molecule is CNCc1ccc(N(C)CC2CCCC2)c(F)c1. The van der Waals surface area contributed by atoms with Gasteiger partial charge < -0.3 is 10.2 Å². The van der Waals surface area contributed by atoms with Gasteiger partial charge in [-0.25, -0.2) is 4.39 Å². The minimum absolute atomic E-state index is 0.108. The first kappa shape index (κ1) is 13.3. The van der Waals surface area contributed by atoms with Crippen LogP contribution in [0.5, 0.6) is 0 Å². The predicted octanol–water partition coefficient (Wildman–Crippen LogP) is 3.17. The second kappa shape index (κ2) is 6.19. The van der Waals surface area contributed by atoms with E-state index in [9.17, 15) is 4.39 Å². The molecule has 0 bridgehead atoms. The summed E-state index contributed by atoms with van der Waals surface area (Å²) in [5, 5.41) is 3.04. The molecule has 1 saturated carbocycles. The number of hydrogen-bond acceptors (Lipinski definition) is 2. The molecule has 0 aromatic heterocycles. The number of halogens is 1. The monoisotopic (exact) mass is 250 g/mol. The van der Waals surface area contributed by atoms with Crippen molar-refractivity contribution in [3.8, 4) is 0 Å². The zero-order valence-electron chi connectivity index (χ0n) is 11.4. The van der Waals surface area contributed by atoms with Crippen molar-refractivity contribution in [3.63, 3.8) is 0 Å². The lowest BCUT2D eigenvalue weighted by Gasteiger charge is -2.23. The molecule has 1 fully saturated rings. The van der Waals surface area contributed by atoms with E-state index in [1.165, 1.54) is 25.7 Å². The van der Waals surface area contributed by atoms with Gasteiger partial charge in [0.15, 0.2) is 0 Å². The van der Waals surface area contributed by atoms with Crippen molar-refractivity contribution in [2.24, 2.45) is 5.92 Å². The van der Waals surface area contributed by atoms with Gasteiger partial charge >= 0.3 is 0 Å². The number of rotatable bonds is 5. The van der Waals surface area contributed by atoms with Crippen molar-refractivity contribution in [2.75, 3.05) is 25.5 Å². The van der Waals surface area contributed by atoms with E-state index in [1.807, 2.05) is 26.2 Å². The van der Waals surface area contributed by atoms with E-state index in [0.29, 0.717) is 6.54 Å². The lowest BCUT2D eigenvalue weighted by atomic mass is 10.1. The Hall–Kier alpha value is -1.09. The topological polar surface area (TPSA) is 15.3 Å². The molecule has 1 aromatic rings. The molecular formula is C15H23FN2. The maximum atomic E-state index is 14.0. The molecule has 18 heavy (non-hydrogen) atoms. The number of nitrogens with zero attached hydrogens (tertiary/aromatic N) is 1. The van der Waals surface area contributed by atoms with Crippen molar-refractivity contribution in [3.05, 3.63) is 29.6 Å². The van der Waals surface area contributed by atoms with Crippen molar-refractivity contribution in [1.29, 1.82) is 0 Å². The number of benzene rings is 1. The number of hydrogen-bond donors (Lipinski definition) is 1. The molecule has 1 aliphatic rings. The molecule has 2 nitrogen and oxygen atoms in total. The Morgan fingerprint density at radius 2 is 2.06 bits per heavy atom. The number of nitrogens with one attached hydrogen (secondary N) is 1. The van der Waals surface area contributed by atoms with Gasteiger partial charge in [0, 0.05) is 20.1 Å². The molecule has 1 aromatic carbocycles. The third-order valence-electron chi connectivity index (χ3n) is 3.81. The second-order valence-electron chi connectivity index (χ2n) is 5.35. The van der Waals surface area contributed by atoms with Gasteiger partial charge in [-0.05, 0) is 43.5 Å². The highest BCUT2D eigenvalue weighted by Gasteiger charge is 2.18. The highest BCUT2D eigenvalue weighted by atomic mass is 19.1. The zero-order valence-corrected chi connectivity index (χ0v) is 11.4. The smallest absolute Gasteiger partial charge is 0.146 e. The summed E-state index contributed by atoms with van der Waals surface area (Å²) in [4.78, 5) is 2.06. The Kier molecular flexibility index (Phi) is 4.59. The van der Waals surface area contributed by atoms with Crippen molar-refractivity contribution in [2.45, 2.75) is 32.2 Å². The molecule has 0 atom stereocenters. The first-order valence-electron chi connectivity index (χ1n) is 6.85. The third kappa shape index (κ3) is 3.22. The average Bonchev–Trinajstić information content (AvgIpc) is 2.82. The van der Waals surface area contributed by atoms with Crippen LogP contribution in [0.15, 0.2) is 18.2 Å². The minimum Gasteiger partial charge on any atom is -0.372 e. The summed E-state index contributed by atoms with van der Waals surface area (Å²) in [5.74, 6) is 0.634. The quantitative estimate of drug-likeness (QED) is 0.863. The van der Waals surface area contributed by atoms with E-state index >= 15 is 0 Å². The van der Waals surface area contributed by atoms with Gasteiger partial charge in [0.1, 0.15) is 5.82 Å². The van der Waals surface area contributed by atoms with Gasteiger partial charge in [-0.15, -0.1) is 0 Å². The molecule has 100 valence electrons. The first-order valence-corrected chi connectivity index (χ1v) is 6.85. The summed E-state index contributed by atoms with van der Waals surface area (Å²) in [6.07, 6.45) is 5.26. The summed E-state index contributed by atoms with van der Waals surface area (Å²) in [6, 6.07) is 5.54. The van der Waals surface area contributed by atoms with E-state index in [-0.39, 0.29) is 5.82 Å². The second-order valence-corrected chi connectivity index (χ2v) is 5.35. The van der Waals surface area contributed by atoms with Gasteiger partial charge in [-0.2, -0.15) is 0 Å². The number of anilines is 1. The Morgan fingerprint density at radius 3 is 2.67 bits per heavy atom. The van der Waals surface area contributed by atoms with Crippen LogP contribution in [0.25, 0.3) is 0 Å². The van der Waals surface area contributed by atoms with E-state index in [4.69, 9.17) is 0 Å². The van der Waals surface area contributed by atoms with E-state index in [2.05, 4.69) is 10.2 Å². The highest BCUT2D eigenvalue weighted by Crippen LogP contribution is 2.28. The zero-order chi connectivity index (χ0) is 13.0. The van der Waals surface area contributed by atoms with Crippen molar-refractivity contribution < 1.29 is 4.39 Å². The first-order chi connectivity index (χ1) is 8.70. The van der Waals surface area contributed by atoms with Gasteiger partial charge in [-0.3, -0.25) is 0 Å². The maximum absolute atomic E-state index is 14.0. The van der Waals surface area contributed by atoms with Gasteiger partial charge in [-0.1, -0.05) is 18.9 Å². The highest BCUT2D eigenvalue weighted by molar-refractivity contribution is 5.48. The van der Waals surface area contributed by atoms with Crippen LogP contribution >= 0.6 is 0 Å². The molecule has 0 saturated heterocycles. The molecule has 0 unspecified atom stereocenters. The normalized spacial score (nSPS) is 16.2. The predicted molar refractivity (Wildman–Crippen MR) is 74.4 cm³/mol. The molecule has 0 radical (unpaired) electrons. The van der Waals surface area contributed by atoms with Crippen LogP contribution in [0, 0.1) is 11.7 Å². The molecule has 0 aliphatic heterocycles. The standard InChI is InChI=1S/C15H23FN2/c1-17-10-13-7-8-15(14(16)9-13)18(2)11-12-5-3-4-6-12/h7-9,12,17H,3-6,10-11H2,1-2H3. The van der Waals surface area contributed by atoms with E-state index < -0.39 is 0 Å². The van der Waals surface area contributed by atoms with E-state index in [0.717, 1.165) is 23.7 Å². The Balaban J connectivity index is 2.02. The van der Waals surface area contributed by atoms with Crippen LogP contribution in [0.3, 0.4) is 0 Å². The molecule has 0 amide bonds. The largest absolute Gasteiger partial charge is 0.372 e. The fourth-order valence-corrected chi connectivity index (χ4v) is 2.85. The van der Waals surface area contributed by atoms with Gasteiger partial charge in [0.2, 0.25) is 0 Å². The van der Waals surface area contributed by atoms with Gasteiger partial charge in [0.25, 0.3) is 0 Å². The van der Waals surface area contributed by atoms with Crippen LogP contribution in [-0.4, -0.2) is 20.6 Å². The van der Waals surface area contributed by atoms with Crippen LogP contribution < -0.4 is 10.2 Å². The Bertz CT molecular complexity index is 386. The molecule has 0 spiro atoms. The van der Waals surface area contributed by atoms with E-state index in [1.54, 1.807) is 6.07 Å².